The van der Waals surface area contributed by atoms with Crippen molar-refractivity contribution in [1.82, 2.24) is 0 Å². The van der Waals surface area contributed by atoms with Crippen LogP contribution < -0.4 is 0 Å². The molecule has 0 spiro atoms. The van der Waals surface area contributed by atoms with E-state index in [1.807, 2.05) is 0 Å². The van der Waals surface area contributed by atoms with E-state index in [4.69, 9.17) is 0 Å². The maximum absolute atomic E-state index is 0. The summed E-state index contributed by atoms with van der Waals surface area (Å²) in [6.45, 7) is 0. The molecule has 0 aliphatic carbocycles. The van der Waals surface area contributed by atoms with E-state index >= 15 is 0 Å². The van der Waals surface area contributed by atoms with Crippen molar-refractivity contribution in [3.63, 3.8) is 0 Å². The minimum absolute atomic E-state index is 0. The predicted molar refractivity (Wildman–Crippen MR) is 27.5 cm³/mol. The molecule has 1 nitrogen and oxygen atoms in total. The normalized spacial score (nSPS) is 0. The summed E-state index contributed by atoms with van der Waals surface area (Å²) in [4.78, 5) is 0. The standard InChI is InChI=1S/Ba.2Mg.H2O.6H/h;;;1H2;;;;;;/q3*+2;;6*-1. The Balaban J connectivity index is 0. The fourth-order valence-corrected chi connectivity index (χ4v) is 0. The Bertz CT molecular complexity index is 15.7. The minimum Gasteiger partial charge on any atom is -1.00 e. The van der Waals surface area contributed by atoms with Gasteiger partial charge in [-0.05, 0) is 0 Å². The molecule has 0 aliphatic heterocycles. The van der Waals surface area contributed by atoms with E-state index in [1.54, 1.807) is 0 Å². The van der Waals surface area contributed by atoms with Crippen molar-refractivity contribution in [2.24, 2.45) is 0 Å². The Labute approximate surface area is 107 Å². The fourth-order valence-electron chi connectivity index (χ4n) is 0. The zero-order chi connectivity index (χ0) is 0. The molecule has 0 bridgehead atoms. The monoisotopic (exact) mass is 210 g/mol. The van der Waals surface area contributed by atoms with Gasteiger partial charge < -0.3 is 14.0 Å². The second-order valence-corrected chi connectivity index (χ2v) is 0. The van der Waals surface area contributed by atoms with Crippen LogP contribution in [0, 0.1) is 0 Å². The molecule has 0 saturated heterocycles. The van der Waals surface area contributed by atoms with Crippen molar-refractivity contribution in [2.75, 3.05) is 0 Å². The summed E-state index contributed by atoms with van der Waals surface area (Å²) in [5.41, 5.74) is 0. The molecule has 20 valence electrons. The molecule has 4 heteroatoms. The van der Waals surface area contributed by atoms with Crippen LogP contribution in [0.25, 0.3) is 0 Å². The van der Waals surface area contributed by atoms with Gasteiger partial charge in [0.2, 0.25) is 0 Å². The molecule has 4 heavy (non-hydrogen) atoms. The zero-order valence-corrected chi connectivity index (χ0v) is 9.89. The number of hydrogen-bond acceptors (Lipinski definition) is 0. The van der Waals surface area contributed by atoms with Crippen molar-refractivity contribution in [1.29, 1.82) is 0 Å². The molecule has 0 rings (SSSR count). The van der Waals surface area contributed by atoms with Gasteiger partial charge in [0.15, 0.2) is 0 Å². The van der Waals surface area contributed by atoms with Crippen molar-refractivity contribution in [3.8, 4) is 0 Å². The summed E-state index contributed by atoms with van der Waals surface area (Å²) in [5.74, 6) is 0. The molecule has 0 aliphatic rings. The molecular weight excluding hydrogens is 202 g/mol. The molecule has 0 radical (unpaired) electrons. The Morgan fingerprint density at radius 2 is 1.00 bits per heavy atom. The summed E-state index contributed by atoms with van der Waals surface area (Å²) in [5, 5.41) is 0. The third kappa shape index (κ3) is 8.91. The molecule has 0 unspecified atom stereocenters. The third-order valence-corrected chi connectivity index (χ3v) is 0. The fraction of sp³-hybridized carbons (Fsp3) is 0. The van der Waals surface area contributed by atoms with Crippen LogP contribution in [-0.4, -0.2) is 100 Å². The summed E-state index contributed by atoms with van der Waals surface area (Å²) < 4.78 is 0. The van der Waals surface area contributed by atoms with Gasteiger partial charge in [0.25, 0.3) is 0 Å². The predicted octanol–water partition coefficient (Wildman–Crippen LogP) is -1.29. The van der Waals surface area contributed by atoms with Crippen LogP contribution in [-0.2, 0) is 0 Å². The Morgan fingerprint density at radius 3 is 1.00 bits per heavy atom. The summed E-state index contributed by atoms with van der Waals surface area (Å²) in [6.07, 6.45) is 0. The van der Waals surface area contributed by atoms with Crippen molar-refractivity contribution < 1.29 is 14.0 Å². The smallest absolute Gasteiger partial charge is 1.00 e. The van der Waals surface area contributed by atoms with Gasteiger partial charge in [-0.1, -0.05) is 0 Å². The second kappa shape index (κ2) is 16.6. The average Bonchev–Trinajstić information content (AvgIpc) is 0. The van der Waals surface area contributed by atoms with Crippen molar-refractivity contribution >= 4 is 95.0 Å². The third-order valence-electron chi connectivity index (χ3n) is 0. The van der Waals surface area contributed by atoms with E-state index in [0.717, 1.165) is 0 Å². The van der Waals surface area contributed by atoms with Gasteiger partial charge in [-0.2, -0.15) is 0 Å². The largest absolute Gasteiger partial charge is 2.00 e. The maximum atomic E-state index is 0. The molecule has 0 aromatic heterocycles. The Morgan fingerprint density at radius 1 is 1.00 bits per heavy atom. The van der Waals surface area contributed by atoms with Gasteiger partial charge in [0, 0.05) is 0 Å². The first-order valence-electron chi connectivity index (χ1n) is 0. The molecule has 0 atom stereocenters. The van der Waals surface area contributed by atoms with Gasteiger partial charge >= 0.3 is 95.0 Å². The molecule has 0 amide bonds. The van der Waals surface area contributed by atoms with Gasteiger partial charge in [-0.15, -0.1) is 0 Å². The van der Waals surface area contributed by atoms with Crippen LogP contribution in [0.15, 0.2) is 0 Å². The van der Waals surface area contributed by atoms with Crippen LogP contribution in [0.3, 0.4) is 0 Å². The van der Waals surface area contributed by atoms with Crippen LogP contribution in [0.2, 0.25) is 0 Å². The van der Waals surface area contributed by atoms with E-state index in [-0.39, 0.29) is 109 Å². The Hall–Kier alpha value is 3.06. The van der Waals surface area contributed by atoms with Crippen LogP contribution in [0.5, 0.6) is 0 Å². The molecule has 2 N–H and O–H groups in total. The molecule has 0 aromatic carbocycles. The SMILES string of the molecule is O.[Ba+2].[H-].[H-].[H-].[H-].[H-].[H-].[Mg+2].[Mg+2]. The maximum Gasteiger partial charge on any atom is 2.00 e. The first-order chi connectivity index (χ1) is 0. The molecule has 0 saturated carbocycles. The van der Waals surface area contributed by atoms with Gasteiger partial charge in [-0.3, -0.25) is 0 Å². The molecular formula is H8BaMg2O. The zero-order valence-electron chi connectivity index (χ0n) is 8.62. The van der Waals surface area contributed by atoms with E-state index < -0.39 is 0 Å². The number of rotatable bonds is 0. The summed E-state index contributed by atoms with van der Waals surface area (Å²) in [6, 6.07) is 0. The average molecular weight is 210 g/mol. The first-order valence-corrected chi connectivity index (χ1v) is 0. The van der Waals surface area contributed by atoms with Gasteiger partial charge in [0.05, 0.1) is 0 Å². The van der Waals surface area contributed by atoms with E-state index in [1.165, 1.54) is 0 Å². The Kier molecular flexibility index (Phi) is 115. The topological polar surface area (TPSA) is 31.5 Å². The first kappa shape index (κ1) is 27.7. The van der Waals surface area contributed by atoms with E-state index in [0.29, 0.717) is 0 Å². The van der Waals surface area contributed by atoms with Crippen LogP contribution in [0.1, 0.15) is 8.56 Å². The second-order valence-electron chi connectivity index (χ2n) is 0. The molecule has 0 fully saturated rings. The minimum atomic E-state index is 0. The summed E-state index contributed by atoms with van der Waals surface area (Å²) >= 11 is 0. The van der Waals surface area contributed by atoms with Crippen molar-refractivity contribution in [2.45, 2.75) is 0 Å². The quantitative estimate of drug-likeness (QED) is 0.445. The van der Waals surface area contributed by atoms with Gasteiger partial charge in [0.1, 0.15) is 0 Å². The van der Waals surface area contributed by atoms with E-state index in [9.17, 15) is 0 Å². The van der Waals surface area contributed by atoms with E-state index in [2.05, 4.69) is 0 Å². The van der Waals surface area contributed by atoms with Crippen molar-refractivity contribution in [3.05, 3.63) is 0 Å². The van der Waals surface area contributed by atoms with Crippen LogP contribution in [0.4, 0.5) is 0 Å². The summed E-state index contributed by atoms with van der Waals surface area (Å²) in [7, 11) is 0. The molecule has 0 aromatic rings. The number of hydrogen-bond donors (Lipinski definition) is 0. The van der Waals surface area contributed by atoms with Crippen LogP contribution >= 0.6 is 0 Å². The molecule has 0 heterocycles. The van der Waals surface area contributed by atoms with Gasteiger partial charge in [-0.25, -0.2) is 0 Å².